The number of fused-ring (bicyclic) bond motifs is 1. The highest BCUT2D eigenvalue weighted by Crippen LogP contribution is 2.29. The predicted molar refractivity (Wildman–Crippen MR) is 63.0 cm³/mol. The Morgan fingerprint density at radius 1 is 1.47 bits per heavy atom. The maximum absolute atomic E-state index is 11.0. The van der Waals surface area contributed by atoms with Crippen LogP contribution in [0, 0.1) is 0 Å². The Bertz CT molecular complexity index is 556. The number of carbonyl (C=O) groups excluding carboxylic acids is 1. The van der Waals surface area contributed by atoms with E-state index in [0.717, 1.165) is 4.47 Å². The second-order valence-corrected chi connectivity index (χ2v) is 4.22. The van der Waals surface area contributed by atoms with Crippen LogP contribution in [-0.4, -0.2) is 10.9 Å². The lowest BCUT2D eigenvalue weighted by molar-refractivity contribution is 0.100. The van der Waals surface area contributed by atoms with Gasteiger partial charge in [0.25, 0.3) is 5.91 Å². The number of halogens is 2. The van der Waals surface area contributed by atoms with Crippen molar-refractivity contribution in [1.29, 1.82) is 0 Å². The highest BCUT2D eigenvalue weighted by atomic mass is 79.9. The molecule has 0 bridgehead atoms. The highest BCUT2D eigenvalue weighted by Gasteiger charge is 2.11. The number of pyridine rings is 1. The molecule has 2 rings (SSSR count). The Balaban J connectivity index is 2.86. The fourth-order valence-electron chi connectivity index (χ4n) is 1.33. The maximum Gasteiger partial charge on any atom is 0.251 e. The zero-order chi connectivity index (χ0) is 11.0. The number of hydrogen-bond donors (Lipinski definition) is 1. The van der Waals surface area contributed by atoms with E-state index in [0.29, 0.717) is 15.9 Å². The molecule has 2 aromatic rings. The van der Waals surface area contributed by atoms with Crippen molar-refractivity contribution >= 4 is 44.3 Å². The third kappa shape index (κ3) is 1.70. The van der Waals surface area contributed by atoms with Crippen LogP contribution in [0.4, 0.5) is 0 Å². The van der Waals surface area contributed by atoms with Gasteiger partial charge >= 0.3 is 0 Å². The third-order valence-electron chi connectivity index (χ3n) is 2.05. The Hall–Kier alpha value is -1.13. The summed E-state index contributed by atoms with van der Waals surface area (Å²) >= 11 is 9.40. The Kier molecular flexibility index (Phi) is 2.63. The van der Waals surface area contributed by atoms with Crippen molar-refractivity contribution in [3.05, 3.63) is 39.5 Å². The average Bonchev–Trinajstić information content (AvgIpc) is 2.19. The van der Waals surface area contributed by atoms with Gasteiger partial charge in [-0.2, -0.15) is 0 Å². The summed E-state index contributed by atoms with van der Waals surface area (Å²) in [5, 5.41) is 1.05. The summed E-state index contributed by atoms with van der Waals surface area (Å²) in [5.74, 6) is -0.575. The number of amides is 1. The summed E-state index contributed by atoms with van der Waals surface area (Å²) in [6.07, 6.45) is 1.39. The quantitative estimate of drug-likeness (QED) is 0.876. The smallest absolute Gasteiger partial charge is 0.251 e. The molecule has 0 unspecified atom stereocenters. The molecule has 0 radical (unpaired) electrons. The summed E-state index contributed by atoms with van der Waals surface area (Å²) in [7, 11) is 0. The van der Waals surface area contributed by atoms with E-state index in [1.54, 1.807) is 6.07 Å². The number of para-hydroxylation sites is 1. The van der Waals surface area contributed by atoms with E-state index in [1.807, 2.05) is 12.1 Å². The molecule has 0 saturated carbocycles. The minimum absolute atomic E-state index is 0.238. The van der Waals surface area contributed by atoms with E-state index in [1.165, 1.54) is 6.20 Å². The molecular formula is C10H6BrClN2O. The minimum Gasteiger partial charge on any atom is -0.366 e. The lowest BCUT2D eigenvalue weighted by atomic mass is 10.1. The Morgan fingerprint density at radius 3 is 2.87 bits per heavy atom. The van der Waals surface area contributed by atoms with Crippen molar-refractivity contribution in [3.8, 4) is 0 Å². The summed E-state index contributed by atoms with van der Waals surface area (Å²) < 4.78 is 0.831. The van der Waals surface area contributed by atoms with Gasteiger partial charge in [0.2, 0.25) is 0 Å². The predicted octanol–water partition coefficient (Wildman–Crippen LogP) is 2.75. The van der Waals surface area contributed by atoms with Crippen molar-refractivity contribution in [1.82, 2.24) is 4.98 Å². The van der Waals surface area contributed by atoms with Crippen LogP contribution in [0.1, 0.15) is 10.4 Å². The molecule has 1 heterocycles. The van der Waals surface area contributed by atoms with E-state index in [2.05, 4.69) is 20.9 Å². The molecule has 0 aliphatic rings. The summed E-state index contributed by atoms with van der Waals surface area (Å²) in [6.45, 7) is 0. The van der Waals surface area contributed by atoms with Crippen molar-refractivity contribution in [2.45, 2.75) is 0 Å². The maximum atomic E-state index is 11.0. The summed E-state index contributed by atoms with van der Waals surface area (Å²) in [4.78, 5) is 15.2. The fraction of sp³-hybridized carbons (Fsp3) is 0. The van der Waals surface area contributed by atoms with Crippen LogP contribution in [0.15, 0.2) is 28.9 Å². The number of primary amides is 1. The number of nitrogens with zero attached hydrogens (tertiary/aromatic N) is 1. The van der Waals surface area contributed by atoms with Gasteiger partial charge in [0.15, 0.2) is 0 Å². The van der Waals surface area contributed by atoms with E-state index in [4.69, 9.17) is 17.3 Å². The third-order valence-corrected chi connectivity index (χ3v) is 3.10. The molecule has 0 atom stereocenters. The zero-order valence-corrected chi connectivity index (χ0v) is 9.84. The van der Waals surface area contributed by atoms with E-state index in [9.17, 15) is 4.79 Å². The molecule has 0 saturated heterocycles. The molecule has 3 nitrogen and oxygen atoms in total. The van der Waals surface area contributed by atoms with Crippen molar-refractivity contribution in [3.63, 3.8) is 0 Å². The molecule has 1 aromatic carbocycles. The van der Waals surface area contributed by atoms with Gasteiger partial charge in [0, 0.05) is 16.1 Å². The Morgan fingerprint density at radius 2 is 2.20 bits per heavy atom. The van der Waals surface area contributed by atoms with Crippen molar-refractivity contribution < 1.29 is 4.79 Å². The van der Waals surface area contributed by atoms with Gasteiger partial charge in [-0.3, -0.25) is 9.78 Å². The van der Waals surface area contributed by atoms with Gasteiger partial charge in [0.05, 0.1) is 16.1 Å². The molecule has 2 N–H and O–H groups in total. The molecule has 15 heavy (non-hydrogen) atoms. The first-order valence-electron chi connectivity index (χ1n) is 4.14. The van der Waals surface area contributed by atoms with Crippen LogP contribution < -0.4 is 5.73 Å². The molecule has 0 fully saturated rings. The largest absolute Gasteiger partial charge is 0.366 e. The average molecular weight is 286 g/mol. The van der Waals surface area contributed by atoms with Gasteiger partial charge in [-0.25, -0.2) is 0 Å². The monoisotopic (exact) mass is 284 g/mol. The first kappa shape index (κ1) is 10.4. The molecule has 0 aliphatic carbocycles. The van der Waals surface area contributed by atoms with Crippen LogP contribution in [0.3, 0.4) is 0 Å². The topological polar surface area (TPSA) is 56.0 Å². The van der Waals surface area contributed by atoms with E-state index < -0.39 is 5.91 Å². The lowest BCUT2D eigenvalue weighted by Gasteiger charge is -2.04. The van der Waals surface area contributed by atoms with Gasteiger partial charge in [0.1, 0.15) is 0 Å². The van der Waals surface area contributed by atoms with Crippen LogP contribution in [-0.2, 0) is 0 Å². The fourth-order valence-corrected chi connectivity index (χ4v) is 2.09. The van der Waals surface area contributed by atoms with Crippen LogP contribution >= 0.6 is 27.5 Å². The second kappa shape index (κ2) is 3.79. The lowest BCUT2D eigenvalue weighted by Crippen LogP contribution is -2.12. The van der Waals surface area contributed by atoms with Gasteiger partial charge < -0.3 is 5.73 Å². The first-order valence-corrected chi connectivity index (χ1v) is 5.31. The van der Waals surface area contributed by atoms with E-state index >= 15 is 0 Å². The number of aromatic nitrogens is 1. The second-order valence-electron chi connectivity index (χ2n) is 2.99. The molecule has 76 valence electrons. The number of benzene rings is 1. The standard InChI is InChI=1S/C10H6BrClN2O/c11-7-3-1-2-5-8(12)6(10(13)15)4-14-9(5)7/h1-4H,(H2,13,15). The molecule has 0 spiro atoms. The molecule has 5 heteroatoms. The van der Waals surface area contributed by atoms with Crippen molar-refractivity contribution in [2.24, 2.45) is 5.73 Å². The Labute approximate surface area is 99.4 Å². The van der Waals surface area contributed by atoms with Crippen molar-refractivity contribution in [2.75, 3.05) is 0 Å². The number of rotatable bonds is 1. The van der Waals surface area contributed by atoms with Crippen LogP contribution in [0.5, 0.6) is 0 Å². The van der Waals surface area contributed by atoms with E-state index in [-0.39, 0.29) is 5.56 Å². The molecule has 1 aromatic heterocycles. The van der Waals surface area contributed by atoms with Crippen LogP contribution in [0.2, 0.25) is 5.02 Å². The number of carbonyl (C=O) groups is 1. The minimum atomic E-state index is -0.575. The molecule has 0 aliphatic heterocycles. The summed E-state index contributed by atoms with van der Waals surface area (Å²) in [6, 6.07) is 5.47. The molecule has 1 amide bonds. The number of hydrogen-bond acceptors (Lipinski definition) is 2. The van der Waals surface area contributed by atoms with Gasteiger partial charge in [-0.15, -0.1) is 0 Å². The van der Waals surface area contributed by atoms with Gasteiger partial charge in [-0.1, -0.05) is 23.7 Å². The SMILES string of the molecule is NC(=O)c1cnc2c(Br)cccc2c1Cl. The summed E-state index contributed by atoms with van der Waals surface area (Å²) in [5.41, 5.74) is 6.12. The first-order chi connectivity index (χ1) is 7.11. The molecular weight excluding hydrogens is 279 g/mol. The number of nitrogens with two attached hydrogens (primary N) is 1. The highest BCUT2D eigenvalue weighted by molar-refractivity contribution is 9.10. The normalized spacial score (nSPS) is 10.5. The zero-order valence-electron chi connectivity index (χ0n) is 7.50. The van der Waals surface area contributed by atoms with Crippen LogP contribution in [0.25, 0.3) is 10.9 Å². The van der Waals surface area contributed by atoms with Gasteiger partial charge in [-0.05, 0) is 22.0 Å².